The Morgan fingerprint density at radius 2 is 2.05 bits per heavy atom. The van der Waals surface area contributed by atoms with Gasteiger partial charge < -0.3 is 16.0 Å². The van der Waals surface area contributed by atoms with Gasteiger partial charge in [-0.2, -0.15) is 0 Å². The molecular weight excluding hydrogens is 262 g/mol. The zero-order chi connectivity index (χ0) is 15.2. The van der Waals surface area contributed by atoms with Crippen LogP contribution in [0.15, 0.2) is 24.3 Å². The Kier molecular flexibility index (Phi) is 5.76. The molecule has 1 heterocycles. The van der Waals surface area contributed by atoms with E-state index in [1.54, 1.807) is 0 Å². The van der Waals surface area contributed by atoms with Crippen molar-refractivity contribution in [1.29, 1.82) is 0 Å². The summed E-state index contributed by atoms with van der Waals surface area (Å²) in [6, 6.07) is 7.72. The van der Waals surface area contributed by atoms with Gasteiger partial charge in [0.2, 0.25) is 5.91 Å². The fourth-order valence-corrected chi connectivity index (χ4v) is 2.89. The molecule has 1 aliphatic heterocycles. The monoisotopic (exact) mass is 289 g/mol. The summed E-state index contributed by atoms with van der Waals surface area (Å²) in [6.07, 6.45) is 1.49. The van der Waals surface area contributed by atoms with Crippen LogP contribution in [0, 0.1) is 11.8 Å². The van der Waals surface area contributed by atoms with E-state index in [0.717, 1.165) is 36.1 Å². The van der Waals surface area contributed by atoms with E-state index >= 15 is 0 Å². The predicted octanol–water partition coefficient (Wildman–Crippen LogP) is 2.45. The highest BCUT2D eigenvalue weighted by molar-refractivity contribution is 5.90. The lowest BCUT2D eigenvalue weighted by Crippen LogP contribution is -2.23. The van der Waals surface area contributed by atoms with E-state index in [1.807, 2.05) is 24.3 Å². The number of benzene rings is 1. The first kappa shape index (κ1) is 16.0. The molecule has 0 radical (unpaired) electrons. The van der Waals surface area contributed by atoms with Crippen LogP contribution in [-0.2, 0) is 11.3 Å². The van der Waals surface area contributed by atoms with E-state index in [2.05, 4.69) is 24.1 Å². The number of hydrogen-bond donors (Lipinski definition) is 2. The fourth-order valence-electron chi connectivity index (χ4n) is 2.89. The Bertz CT molecular complexity index is 465. The molecule has 1 aromatic carbocycles. The normalized spacial score (nSPS) is 22.4. The van der Waals surface area contributed by atoms with Gasteiger partial charge >= 0.3 is 0 Å². The number of nitrogens with zero attached hydrogens (tertiary/aromatic N) is 1. The Labute approximate surface area is 127 Å². The van der Waals surface area contributed by atoms with E-state index in [4.69, 9.17) is 5.73 Å². The third-order valence-corrected chi connectivity index (χ3v) is 4.39. The van der Waals surface area contributed by atoms with Gasteiger partial charge in [0.1, 0.15) is 0 Å². The van der Waals surface area contributed by atoms with Gasteiger partial charge in [0.25, 0.3) is 0 Å². The Morgan fingerprint density at radius 3 is 2.71 bits per heavy atom. The third-order valence-electron chi connectivity index (χ3n) is 4.39. The topological polar surface area (TPSA) is 58.4 Å². The first-order valence-electron chi connectivity index (χ1n) is 7.89. The first-order chi connectivity index (χ1) is 10.1. The molecule has 4 nitrogen and oxygen atoms in total. The minimum absolute atomic E-state index is 0.0875. The maximum absolute atomic E-state index is 12.0. The molecule has 1 saturated heterocycles. The summed E-state index contributed by atoms with van der Waals surface area (Å²) in [4.78, 5) is 14.4. The molecular formula is C17H27N3O. The number of carbonyl (C=O) groups excluding carboxylic acids is 1. The van der Waals surface area contributed by atoms with Crippen molar-refractivity contribution in [3.63, 3.8) is 0 Å². The van der Waals surface area contributed by atoms with Crippen LogP contribution in [-0.4, -0.2) is 30.4 Å². The van der Waals surface area contributed by atoms with Crippen molar-refractivity contribution in [1.82, 2.24) is 4.90 Å². The maximum atomic E-state index is 12.0. The van der Waals surface area contributed by atoms with Crippen molar-refractivity contribution < 1.29 is 4.79 Å². The summed E-state index contributed by atoms with van der Waals surface area (Å²) in [6.45, 7) is 8.46. The minimum atomic E-state index is 0.0875. The number of nitrogens with one attached hydrogen (secondary N) is 1. The van der Waals surface area contributed by atoms with Crippen molar-refractivity contribution in [2.75, 3.05) is 25.0 Å². The summed E-state index contributed by atoms with van der Waals surface area (Å²) >= 11 is 0. The molecule has 4 heteroatoms. The second-order valence-electron chi connectivity index (χ2n) is 6.27. The number of hydrogen-bond acceptors (Lipinski definition) is 3. The van der Waals surface area contributed by atoms with Gasteiger partial charge in [0, 0.05) is 31.7 Å². The molecule has 1 aromatic rings. The van der Waals surface area contributed by atoms with E-state index in [0.29, 0.717) is 13.0 Å². The van der Waals surface area contributed by atoms with Crippen molar-refractivity contribution >= 4 is 11.6 Å². The molecule has 0 aliphatic carbocycles. The molecule has 0 spiro atoms. The van der Waals surface area contributed by atoms with Crippen molar-refractivity contribution in [2.24, 2.45) is 17.6 Å². The molecule has 1 aliphatic rings. The van der Waals surface area contributed by atoms with Gasteiger partial charge in [-0.15, -0.1) is 0 Å². The Balaban J connectivity index is 1.70. The molecule has 21 heavy (non-hydrogen) atoms. The second kappa shape index (κ2) is 7.57. The van der Waals surface area contributed by atoms with Crippen molar-refractivity contribution in [2.45, 2.75) is 33.2 Å². The second-order valence-corrected chi connectivity index (χ2v) is 6.27. The Hall–Kier alpha value is -1.39. The molecule has 0 bridgehead atoms. The number of anilines is 1. The SMILES string of the molecule is CC1CN(CCCC(=O)Nc2cccc(CN)c2)CC1C. The van der Waals surface area contributed by atoms with Crippen molar-refractivity contribution in [3.05, 3.63) is 29.8 Å². The van der Waals surface area contributed by atoms with Crippen LogP contribution in [0.4, 0.5) is 5.69 Å². The molecule has 3 N–H and O–H groups in total. The summed E-state index contributed by atoms with van der Waals surface area (Å²) in [7, 11) is 0. The van der Waals surface area contributed by atoms with E-state index in [1.165, 1.54) is 13.1 Å². The number of carbonyl (C=O) groups is 1. The lowest BCUT2D eigenvalue weighted by atomic mass is 10.0. The van der Waals surface area contributed by atoms with Crippen LogP contribution < -0.4 is 11.1 Å². The highest BCUT2D eigenvalue weighted by Crippen LogP contribution is 2.22. The number of amides is 1. The average Bonchev–Trinajstić information content (AvgIpc) is 2.78. The van der Waals surface area contributed by atoms with Crippen molar-refractivity contribution in [3.8, 4) is 0 Å². The zero-order valence-electron chi connectivity index (χ0n) is 13.1. The molecule has 0 aromatic heterocycles. The number of nitrogens with two attached hydrogens (primary N) is 1. The molecule has 116 valence electrons. The quantitative estimate of drug-likeness (QED) is 0.845. The maximum Gasteiger partial charge on any atom is 0.224 e. The van der Waals surface area contributed by atoms with Crippen LogP contribution in [0.5, 0.6) is 0 Å². The molecule has 1 fully saturated rings. The van der Waals surface area contributed by atoms with Crippen LogP contribution in [0.1, 0.15) is 32.3 Å². The van der Waals surface area contributed by atoms with Gasteiger partial charge in [-0.25, -0.2) is 0 Å². The fraction of sp³-hybridized carbons (Fsp3) is 0.588. The third kappa shape index (κ3) is 4.83. The van der Waals surface area contributed by atoms with Gasteiger partial charge in [-0.05, 0) is 42.5 Å². The smallest absolute Gasteiger partial charge is 0.224 e. The van der Waals surface area contributed by atoms with E-state index in [-0.39, 0.29) is 5.91 Å². The molecule has 2 rings (SSSR count). The van der Waals surface area contributed by atoms with Gasteiger partial charge in [-0.1, -0.05) is 26.0 Å². The van der Waals surface area contributed by atoms with Crippen LogP contribution in [0.3, 0.4) is 0 Å². The Morgan fingerprint density at radius 1 is 1.33 bits per heavy atom. The summed E-state index contributed by atoms with van der Waals surface area (Å²) < 4.78 is 0. The highest BCUT2D eigenvalue weighted by Gasteiger charge is 2.25. The zero-order valence-corrected chi connectivity index (χ0v) is 13.1. The lowest BCUT2D eigenvalue weighted by Gasteiger charge is -2.15. The standard InChI is InChI=1S/C17H27N3O/c1-13-11-20(12-14(13)2)8-4-7-17(21)19-16-6-3-5-15(9-16)10-18/h3,5-6,9,13-14H,4,7-8,10-12,18H2,1-2H3,(H,19,21). The summed E-state index contributed by atoms with van der Waals surface area (Å²) in [5, 5.41) is 2.95. The van der Waals surface area contributed by atoms with Gasteiger partial charge in [-0.3, -0.25) is 4.79 Å². The van der Waals surface area contributed by atoms with Gasteiger partial charge in [0.15, 0.2) is 0 Å². The minimum Gasteiger partial charge on any atom is -0.326 e. The highest BCUT2D eigenvalue weighted by atomic mass is 16.1. The molecule has 0 saturated carbocycles. The lowest BCUT2D eigenvalue weighted by molar-refractivity contribution is -0.116. The molecule has 1 amide bonds. The molecule has 2 atom stereocenters. The molecule has 2 unspecified atom stereocenters. The largest absolute Gasteiger partial charge is 0.326 e. The summed E-state index contributed by atoms with van der Waals surface area (Å²) in [5.41, 5.74) is 7.48. The van der Waals surface area contributed by atoms with Crippen LogP contribution >= 0.6 is 0 Å². The average molecular weight is 289 g/mol. The van der Waals surface area contributed by atoms with Gasteiger partial charge in [0.05, 0.1) is 0 Å². The van der Waals surface area contributed by atoms with E-state index in [9.17, 15) is 4.79 Å². The van der Waals surface area contributed by atoms with Crippen LogP contribution in [0.2, 0.25) is 0 Å². The van der Waals surface area contributed by atoms with Crippen LogP contribution in [0.25, 0.3) is 0 Å². The number of rotatable bonds is 6. The number of likely N-dealkylation sites (tertiary alicyclic amines) is 1. The first-order valence-corrected chi connectivity index (χ1v) is 7.89. The van der Waals surface area contributed by atoms with E-state index < -0.39 is 0 Å². The predicted molar refractivity (Wildman–Crippen MR) is 87.0 cm³/mol. The summed E-state index contributed by atoms with van der Waals surface area (Å²) in [5.74, 6) is 1.64.